The van der Waals surface area contributed by atoms with Crippen LogP contribution in [0.2, 0.25) is 0 Å². The van der Waals surface area contributed by atoms with Gasteiger partial charge in [0.2, 0.25) is 0 Å². The standard InChI is InChI=1S/C6H4F2O.C6H5FO/c7-4-1-2-6(9)5(8)3-4;7-5-3-1-2-4-6(5)8/h1-3,9H;1-4,8H. The fourth-order valence-electron chi connectivity index (χ4n) is 0.933. The molecule has 0 radical (unpaired) electrons. The molecule has 2 rings (SSSR count). The Morgan fingerprint density at radius 1 is 0.706 bits per heavy atom. The maximum Gasteiger partial charge on any atom is 0.167 e. The molecule has 0 atom stereocenters. The molecule has 0 aromatic heterocycles. The summed E-state index contributed by atoms with van der Waals surface area (Å²) in [5.74, 6) is -3.03. The Kier molecular flexibility index (Phi) is 4.39. The third-order valence-corrected chi connectivity index (χ3v) is 1.76. The Morgan fingerprint density at radius 2 is 1.29 bits per heavy atom. The zero-order valence-corrected chi connectivity index (χ0v) is 8.57. The lowest BCUT2D eigenvalue weighted by atomic mass is 10.3. The van der Waals surface area contributed by atoms with E-state index in [-0.39, 0.29) is 5.75 Å². The molecular weight excluding hydrogens is 233 g/mol. The number of hydrogen-bond acceptors (Lipinski definition) is 2. The molecule has 2 aromatic carbocycles. The van der Waals surface area contributed by atoms with E-state index in [2.05, 4.69) is 0 Å². The molecule has 0 aliphatic heterocycles. The lowest BCUT2D eigenvalue weighted by Crippen LogP contribution is -1.77. The van der Waals surface area contributed by atoms with Gasteiger partial charge in [-0.3, -0.25) is 0 Å². The van der Waals surface area contributed by atoms with E-state index in [0.29, 0.717) is 6.07 Å². The highest BCUT2D eigenvalue weighted by Crippen LogP contribution is 2.14. The molecule has 2 N–H and O–H groups in total. The van der Waals surface area contributed by atoms with Crippen molar-refractivity contribution in [2.24, 2.45) is 0 Å². The zero-order chi connectivity index (χ0) is 12.8. The predicted molar refractivity (Wildman–Crippen MR) is 56.1 cm³/mol. The first-order valence-corrected chi connectivity index (χ1v) is 4.58. The summed E-state index contributed by atoms with van der Waals surface area (Å²) in [6.07, 6.45) is 0. The highest BCUT2D eigenvalue weighted by Gasteiger charge is 1.98. The number of benzene rings is 2. The van der Waals surface area contributed by atoms with Gasteiger partial charge < -0.3 is 10.2 Å². The molecule has 0 saturated carbocycles. The van der Waals surface area contributed by atoms with Gasteiger partial charge in [0.25, 0.3) is 0 Å². The second-order valence-corrected chi connectivity index (χ2v) is 3.05. The third kappa shape index (κ3) is 4.06. The lowest BCUT2D eigenvalue weighted by molar-refractivity contribution is 0.428. The maximum absolute atomic E-state index is 12.1. The van der Waals surface area contributed by atoms with Crippen molar-refractivity contribution in [1.29, 1.82) is 0 Å². The van der Waals surface area contributed by atoms with Gasteiger partial charge in [-0.15, -0.1) is 0 Å². The van der Waals surface area contributed by atoms with Gasteiger partial charge in [0, 0.05) is 6.07 Å². The number of halogens is 3. The molecule has 2 aromatic rings. The minimum atomic E-state index is -0.935. The summed E-state index contributed by atoms with van der Waals surface area (Å²) in [5.41, 5.74) is 0. The molecule has 5 heteroatoms. The minimum absolute atomic E-state index is 0.299. The van der Waals surface area contributed by atoms with E-state index in [9.17, 15) is 13.2 Å². The lowest BCUT2D eigenvalue weighted by Gasteiger charge is -1.91. The van der Waals surface area contributed by atoms with Crippen molar-refractivity contribution in [2.75, 3.05) is 0 Å². The Hall–Kier alpha value is -2.17. The van der Waals surface area contributed by atoms with Crippen molar-refractivity contribution >= 4 is 0 Å². The van der Waals surface area contributed by atoms with E-state index in [1.165, 1.54) is 18.2 Å². The number of hydrogen-bond donors (Lipinski definition) is 2. The van der Waals surface area contributed by atoms with Crippen LogP contribution in [0, 0.1) is 17.5 Å². The Morgan fingerprint density at radius 3 is 1.71 bits per heavy atom. The van der Waals surface area contributed by atoms with E-state index in [0.717, 1.165) is 12.1 Å². The third-order valence-electron chi connectivity index (χ3n) is 1.76. The first-order valence-electron chi connectivity index (χ1n) is 4.58. The Balaban J connectivity index is 0.000000171. The van der Waals surface area contributed by atoms with Gasteiger partial charge in [0.15, 0.2) is 23.1 Å². The molecule has 0 amide bonds. The minimum Gasteiger partial charge on any atom is -0.505 e. The van der Waals surface area contributed by atoms with Crippen LogP contribution in [0.4, 0.5) is 13.2 Å². The van der Waals surface area contributed by atoms with E-state index in [1.807, 2.05) is 0 Å². The molecule has 0 unspecified atom stereocenters. The normalized spacial score (nSPS) is 9.35. The van der Waals surface area contributed by atoms with Crippen LogP contribution in [-0.2, 0) is 0 Å². The average molecular weight is 242 g/mol. The van der Waals surface area contributed by atoms with Crippen LogP contribution in [-0.4, -0.2) is 10.2 Å². The molecule has 17 heavy (non-hydrogen) atoms. The molecule has 0 aliphatic rings. The fourth-order valence-corrected chi connectivity index (χ4v) is 0.933. The number of para-hydroxylation sites is 1. The van der Waals surface area contributed by atoms with Crippen molar-refractivity contribution in [3.63, 3.8) is 0 Å². The van der Waals surface area contributed by atoms with Crippen LogP contribution in [0.3, 0.4) is 0 Å². The summed E-state index contributed by atoms with van der Waals surface area (Å²) >= 11 is 0. The average Bonchev–Trinajstić information content (AvgIpc) is 2.29. The first kappa shape index (κ1) is 12.9. The molecule has 0 fully saturated rings. The number of aromatic hydroxyl groups is 2. The van der Waals surface area contributed by atoms with Gasteiger partial charge in [0.05, 0.1) is 0 Å². The maximum atomic E-state index is 12.1. The molecule has 0 heterocycles. The van der Waals surface area contributed by atoms with Gasteiger partial charge in [-0.05, 0) is 24.3 Å². The van der Waals surface area contributed by atoms with Crippen LogP contribution in [0.15, 0.2) is 42.5 Å². The van der Waals surface area contributed by atoms with Crippen molar-refractivity contribution in [3.8, 4) is 11.5 Å². The van der Waals surface area contributed by atoms with Gasteiger partial charge in [-0.1, -0.05) is 12.1 Å². The molecule has 90 valence electrons. The van der Waals surface area contributed by atoms with Crippen LogP contribution >= 0.6 is 0 Å². The van der Waals surface area contributed by atoms with Gasteiger partial charge in [0.1, 0.15) is 5.82 Å². The van der Waals surface area contributed by atoms with Crippen LogP contribution in [0.5, 0.6) is 11.5 Å². The Bertz CT molecular complexity index is 480. The second kappa shape index (κ2) is 5.79. The van der Waals surface area contributed by atoms with Gasteiger partial charge in [-0.25, -0.2) is 13.2 Å². The number of rotatable bonds is 0. The summed E-state index contributed by atoms with van der Waals surface area (Å²) in [6, 6.07) is 8.16. The topological polar surface area (TPSA) is 40.5 Å². The summed E-state index contributed by atoms with van der Waals surface area (Å²) in [4.78, 5) is 0. The first-order chi connectivity index (χ1) is 8.00. The summed E-state index contributed by atoms with van der Waals surface area (Å²) < 4.78 is 36.2. The molecule has 0 aliphatic carbocycles. The predicted octanol–water partition coefficient (Wildman–Crippen LogP) is 3.20. The fraction of sp³-hybridized carbons (Fsp3) is 0. The van der Waals surface area contributed by atoms with Crippen molar-refractivity contribution in [3.05, 3.63) is 59.9 Å². The highest BCUT2D eigenvalue weighted by atomic mass is 19.1. The monoisotopic (exact) mass is 242 g/mol. The van der Waals surface area contributed by atoms with E-state index >= 15 is 0 Å². The summed E-state index contributed by atoms with van der Waals surface area (Å²) in [7, 11) is 0. The molecule has 2 nitrogen and oxygen atoms in total. The van der Waals surface area contributed by atoms with E-state index in [4.69, 9.17) is 10.2 Å². The molecule has 0 saturated heterocycles. The largest absolute Gasteiger partial charge is 0.505 e. The summed E-state index contributed by atoms with van der Waals surface area (Å²) in [5, 5.41) is 17.0. The quantitative estimate of drug-likeness (QED) is 0.744. The van der Waals surface area contributed by atoms with Crippen molar-refractivity contribution in [2.45, 2.75) is 0 Å². The summed E-state index contributed by atoms with van der Waals surface area (Å²) in [6.45, 7) is 0. The zero-order valence-electron chi connectivity index (χ0n) is 8.57. The van der Waals surface area contributed by atoms with E-state index < -0.39 is 23.2 Å². The van der Waals surface area contributed by atoms with Gasteiger partial charge >= 0.3 is 0 Å². The SMILES string of the molecule is Oc1ccc(F)cc1F.Oc1ccccc1F. The molecule has 0 bridgehead atoms. The van der Waals surface area contributed by atoms with Crippen molar-refractivity contribution in [1.82, 2.24) is 0 Å². The highest BCUT2D eigenvalue weighted by molar-refractivity contribution is 5.22. The van der Waals surface area contributed by atoms with Crippen LogP contribution < -0.4 is 0 Å². The van der Waals surface area contributed by atoms with E-state index in [1.54, 1.807) is 6.07 Å². The van der Waals surface area contributed by atoms with Crippen LogP contribution in [0.1, 0.15) is 0 Å². The van der Waals surface area contributed by atoms with Gasteiger partial charge in [-0.2, -0.15) is 0 Å². The van der Waals surface area contributed by atoms with Crippen molar-refractivity contribution < 1.29 is 23.4 Å². The molecule has 0 spiro atoms. The smallest absolute Gasteiger partial charge is 0.167 e. The molecular formula is C12H9F3O2. The number of phenols is 2. The van der Waals surface area contributed by atoms with Crippen LogP contribution in [0.25, 0.3) is 0 Å². The number of phenolic OH excluding ortho intramolecular Hbond substituents is 2. The Labute approximate surface area is 95.6 Å². The second-order valence-electron chi connectivity index (χ2n) is 3.05.